The third-order valence-corrected chi connectivity index (χ3v) is 13.2. The van der Waals surface area contributed by atoms with Gasteiger partial charge in [0.2, 0.25) is 0 Å². The van der Waals surface area contributed by atoms with E-state index in [4.69, 9.17) is 9.16 Å². The van der Waals surface area contributed by atoms with Gasteiger partial charge < -0.3 is 9.16 Å². The fourth-order valence-electron chi connectivity index (χ4n) is 5.52. The Morgan fingerprint density at radius 3 is 1.97 bits per heavy atom. The van der Waals surface area contributed by atoms with Gasteiger partial charge in [-0.15, -0.1) is 0 Å². The van der Waals surface area contributed by atoms with Crippen LogP contribution in [0.4, 0.5) is 0 Å². The largest absolute Gasteiger partial charge is 0.466 e. The zero-order valence-corrected chi connectivity index (χ0v) is 22.4. The Morgan fingerprint density at radius 1 is 1.00 bits per heavy atom. The Morgan fingerprint density at radius 2 is 1.52 bits per heavy atom. The zero-order chi connectivity index (χ0) is 24.3. The maximum Gasteiger partial charge on any atom is 0.330 e. The van der Waals surface area contributed by atoms with Crippen molar-refractivity contribution >= 4 is 24.7 Å². The molecule has 33 heavy (non-hydrogen) atoms. The molecule has 1 saturated carbocycles. The Kier molecular flexibility index (Phi) is 7.40. The summed E-state index contributed by atoms with van der Waals surface area (Å²) in [7, 11) is -1.13. The molecule has 0 spiro atoms. The second-order valence-corrected chi connectivity index (χ2v) is 15.5. The molecule has 0 unspecified atom stereocenters. The molecule has 4 heteroatoms. The first kappa shape index (κ1) is 25.4. The number of hydrogen-bond acceptors (Lipinski definition) is 3. The quantitative estimate of drug-likeness (QED) is 0.298. The van der Waals surface area contributed by atoms with Crippen LogP contribution in [0.15, 0.2) is 72.8 Å². The summed E-state index contributed by atoms with van der Waals surface area (Å²) in [4.78, 5) is 11.8. The topological polar surface area (TPSA) is 35.5 Å². The van der Waals surface area contributed by atoms with E-state index in [2.05, 4.69) is 108 Å². The number of carbonyl (C=O) groups is 1. The molecule has 2 aromatic carbocycles. The number of hydrogen-bond donors (Lipinski definition) is 0. The molecule has 0 radical (unpaired) electrons. The minimum absolute atomic E-state index is 0.0110. The molecule has 0 bridgehead atoms. The minimum atomic E-state index is -2.56. The van der Waals surface area contributed by atoms with E-state index in [1.54, 1.807) is 6.08 Å². The second kappa shape index (κ2) is 9.59. The number of benzene rings is 2. The van der Waals surface area contributed by atoms with E-state index >= 15 is 0 Å². The molecular weight excluding hydrogens is 424 g/mol. The summed E-state index contributed by atoms with van der Waals surface area (Å²) in [5.41, 5.74) is -0.0937. The number of esters is 1. The van der Waals surface area contributed by atoms with Crippen molar-refractivity contribution in [2.24, 2.45) is 16.7 Å². The van der Waals surface area contributed by atoms with E-state index in [0.29, 0.717) is 12.5 Å². The SMILES string of the molecule is COC(=O)/C=C/[C@@]1(C)CC[C@@H](CO[Si](c2ccccc2)(c2ccccc2)C(C)(C)C)C1(C)C. The Balaban J connectivity index is 1.97. The molecule has 0 aliphatic heterocycles. The lowest BCUT2D eigenvalue weighted by atomic mass is 9.66. The summed E-state index contributed by atoms with van der Waals surface area (Å²) in [6, 6.07) is 21.6. The Bertz CT molecular complexity index is 920. The summed E-state index contributed by atoms with van der Waals surface area (Å²) in [6.07, 6.45) is 5.75. The van der Waals surface area contributed by atoms with Crippen molar-refractivity contribution in [2.45, 2.75) is 59.4 Å². The zero-order valence-electron chi connectivity index (χ0n) is 21.4. The van der Waals surface area contributed by atoms with Gasteiger partial charge in [-0.1, -0.05) is 108 Å². The minimum Gasteiger partial charge on any atom is -0.466 e. The lowest BCUT2D eigenvalue weighted by molar-refractivity contribution is -0.134. The van der Waals surface area contributed by atoms with Gasteiger partial charge in [-0.25, -0.2) is 4.79 Å². The number of rotatable bonds is 7. The van der Waals surface area contributed by atoms with Crippen LogP contribution < -0.4 is 10.4 Å². The summed E-state index contributed by atoms with van der Waals surface area (Å²) < 4.78 is 12.1. The van der Waals surface area contributed by atoms with E-state index in [1.165, 1.54) is 17.5 Å². The smallest absolute Gasteiger partial charge is 0.330 e. The predicted octanol–water partition coefficient (Wildman–Crippen LogP) is 5.73. The standard InChI is InChI=1S/C29H40O3Si/c1-27(2,3)33(24-14-10-8-11-15-24,25-16-12-9-13-17-25)32-22-23-18-20-29(6,28(23,4)5)21-19-26(30)31-7/h8-17,19,21,23H,18,20,22H2,1-7H3/b21-19+/t23-,29+/m0/s1. The van der Waals surface area contributed by atoms with Crippen molar-refractivity contribution < 1.29 is 14.0 Å². The number of methoxy groups -OCH3 is 1. The Hall–Kier alpha value is -2.17. The van der Waals surface area contributed by atoms with E-state index in [0.717, 1.165) is 12.8 Å². The van der Waals surface area contributed by atoms with Crippen LogP contribution in [0.5, 0.6) is 0 Å². The summed E-state index contributed by atoms with van der Waals surface area (Å²) >= 11 is 0. The lowest BCUT2D eigenvalue weighted by Crippen LogP contribution is -2.67. The van der Waals surface area contributed by atoms with Crippen LogP contribution in [-0.2, 0) is 14.0 Å². The second-order valence-electron chi connectivity index (χ2n) is 11.2. The van der Waals surface area contributed by atoms with Crippen molar-refractivity contribution in [3.8, 4) is 0 Å². The lowest BCUT2D eigenvalue weighted by Gasteiger charge is -2.45. The molecule has 1 fully saturated rings. The van der Waals surface area contributed by atoms with Crippen LogP contribution in [0.3, 0.4) is 0 Å². The van der Waals surface area contributed by atoms with Crippen molar-refractivity contribution in [1.29, 1.82) is 0 Å². The third-order valence-electron chi connectivity index (χ3n) is 8.21. The molecule has 3 rings (SSSR count). The number of ether oxygens (including phenoxy) is 1. The van der Waals surface area contributed by atoms with Crippen molar-refractivity contribution in [1.82, 2.24) is 0 Å². The van der Waals surface area contributed by atoms with Gasteiger partial charge in [0.25, 0.3) is 8.32 Å². The van der Waals surface area contributed by atoms with Gasteiger partial charge in [-0.3, -0.25) is 0 Å². The van der Waals surface area contributed by atoms with Gasteiger partial charge in [-0.2, -0.15) is 0 Å². The highest BCUT2D eigenvalue weighted by Crippen LogP contribution is 2.57. The fraction of sp³-hybridized carbons (Fsp3) is 0.483. The van der Waals surface area contributed by atoms with Crippen molar-refractivity contribution in [3.63, 3.8) is 0 Å². The van der Waals surface area contributed by atoms with Crippen molar-refractivity contribution in [3.05, 3.63) is 72.8 Å². The molecule has 3 nitrogen and oxygen atoms in total. The summed E-state index contributed by atoms with van der Waals surface area (Å²) in [5.74, 6) is 0.102. The number of carbonyl (C=O) groups excluding carboxylic acids is 1. The van der Waals surface area contributed by atoms with E-state index in [-0.39, 0.29) is 21.8 Å². The Labute approximate surface area is 201 Å². The molecular formula is C29H40O3Si. The van der Waals surface area contributed by atoms with Crippen molar-refractivity contribution in [2.75, 3.05) is 13.7 Å². The van der Waals surface area contributed by atoms with Crippen LogP contribution >= 0.6 is 0 Å². The summed E-state index contributed by atoms with van der Waals surface area (Å²) in [6.45, 7) is 14.6. The van der Waals surface area contributed by atoms with Crippen LogP contribution in [0.2, 0.25) is 5.04 Å². The highest BCUT2D eigenvalue weighted by Gasteiger charge is 2.54. The van der Waals surface area contributed by atoms with Crippen LogP contribution in [0.25, 0.3) is 0 Å². The molecule has 2 aromatic rings. The van der Waals surface area contributed by atoms with Gasteiger partial charge in [0.1, 0.15) is 0 Å². The molecule has 0 N–H and O–H groups in total. The third kappa shape index (κ3) is 4.74. The van der Waals surface area contributed by atoms with Crippen LogP contribution in [-0.4, -0.2) is 28.0 Å². The molecule has 0 amide bonds. The van der Waals surface area contributed by atoms with Gasteiger partial charge in [-0.05, 0) is 45.0 Å². The molecule has 0 heterocycles. The first-order valence-electron chi connectivity index (χ1n) is 12.0. The van der Waals surface area contributed by atoms with Crippen LogP contribution in [0, 0.1) is 16.7 Å². The van der Waals surface area contributed by atoms with Gasteiger partial charge in [0.15, 0.2) is 0 Å². The molecule has 178 valence electrons. The highest BCUT2D eigenvalue weighted by atomic mass is 28.4. The molecule has 1 aliphatic rings. The van der Waals surface area contributed by atoms with Gasteiger partial charge in [0.05, 0.1) is 7.11 Å². The molecule has 2 atom stereocenters. The van der Waals surface area contributed by atoms with Gasteiger partial charge >= 0.3 is 5.97 Å². The predicted molar refractivity (Wildman–Crippen MR) is 139 cm³/mol. The fourth-order valence-corrected chi connectivity index (χ4v) is 10.1. The summed E-state index contributed by atoms with van der Waals surface area (Å²) in [5, 5.41) is 2.59. The average Bonchev–Trinajstić information content (AvgIpc) is 3.02. The van der Waals surface area contributed by atoms with E-state index in [1.807, 2.05) is 0 Å². The van der Waals surface area contributed by atoms with Crippen LogP contribution in [0.1, 0.15) is 54.4 Å². The maximum atomic E-state index is 11.8. The van der Waals surface area contributed by atoms with E-state index < -0.39 is 8.32 Å². The first-order chi connectivity index (χ1) is 15.5. The maximum absolute atomic E-state index is 11.8. The normalized spacial score (nSPS) is 23.1. The molecule has 0 aromatic heterocycles. The molecule has 1 aliphatic carbocycles. The van der Waals surface area contributed by atoms with Gasteiger partial charge in [0, 0.05) is 12.7 Å². The highest BCUT2D eigenvalue weighted by molar-refractivity contribution is 6.99. The molecule has 0 saturated heterocycles. The average molecular weight is 465 g/mol. The first-order valence-corrected chi connectivity index (χ1v) is 13.9. The monoisotopic (exact) mass is 464 g/mol. The number of allylic oxidation sites excluding steroid dienone is 1. The van der Waals surface area contributed by atoms with E-state index in [9.17, 15) is 4.79 Å².